The van der Waals surface area contributed by atoms with Crippen molar-refractivity contribution in [2.75, 3.05) is 17.8 Å². The Morgan fingerprint density at radius 1 is 1.38 bits per heavy atom. The number of carbonyl (C=O) groups excluding carboxylic acids is 1. The van der Waals surface area contributed by atoms with Gasteiger partial charge in [-0.05, 0) is 52.9 Å². The standard InChI is InChI=1S/C15H17F3N4O5S2/c1-20-10(15(16,17)18)5-11(23)22(14(20)25)7-2-3-9-8(4-7)12(13(19)24)21(28-9)6-29(26)27/h2-5,11-12,14,23,25H,6H2,1H3,(H2,19,24)(H,26,27)/p-1. The number of halogens is 3. The maximum Gasteiger partial charge on any atom is 0.431 e. The highest BCUT2D eigenvalue weighted by molar-refractivity contribution is 7.98. The van der Waals surface area contributed by atoms with Crippen LogP contribution in [0.15, 0.2) is 34.9 Å². The molecule has 1 amide bonds. The fourth-order valence-corrected chi connectivity index (χ4v) is 5.00. The first-order chi connectivity index (χ1) is 13.4. The molecule has 2 aliphatic heterocycles. The second kappa shape index (κ2) is 7.77. The molecule has 0 spiro atoms. The van der Waals surface area contributed by atoms with Crippen molar-refractivity contribution in [1.29, 1.82) is 0 Å². The number of hydrogen-bond acceptors (Lipinski definition) is 9. The van der Waals surface area contributed by atoms with Crippen molar-refractivity contribution in [1.82, 2.24) is 9.21 Å². The Balaban J connectivity index is 1.99. The number of nitrogens with zero attached hydrogens (tertiary/aromatic N) is 3. The maximum atomic E-state index is 13.1. The lowest BCUT2D eigenvalue weighted by Gasteiger charge is -2.43. The molecular formula is C15H16F3N4O5S2-. The minimum absolute atomic E-state index is 0.116. The van der Waals surface area contributed by atoms with Crippen LogP contribution in [0.25, 0.3) is 0 Å². The number of rotatable bonds is 4. The molecule has 1 aromatic rings. The Hall–Kier alpha value is -1.84. The summed E-state index contributed by atoms with van der Waals surface area (Å²) in [6.07, 6.45) is -7.88. The van der Waals surface area contributed by atoms with E-state index in [0.717, 1.165) is 23.9 Å². The normalized spacial score (nSPS) is 26.3. The van der Waals surface area contributed by atoms with E-state index in [9.17, 15) is 36.9 Å². The number of hydrogen-bond donors (Lipinski definition) is 3. The summed E-state index contributed by atoms with van der Waals surface area (Å²) in [5.41, 5.74) is 4.63. The molecule has 4 unspecified atom stereocenters. The Kier molecular flexibility index (Phi) is 5.86. The van der Waals surface area contributed by atoms with Crippen LogP contribution >= 0.6 is 11.9 Å². The Bertz CT molecular complexity index is 884. The van der Waals surface area contributed by atoms with Crippen LogP contribution in [0.3, 0.4) is 0 Å². The predicted molar refractivity (Wildman–Crippen MR) is 96.3 cm³/mol. The summed E-state index contributed by atoms with van der Waals surface area (Å²) in [5.74, 6) is -1.30. The number of carbonyl (C=O) groups is 1. The van der Waals surface area contributed by atoms with Gasteiger partial charge < -0.3 is 25.4 Å². The fraction of sp³-hybridized carbons (Fsp3) is 0.400. The number of allylic oxidation sites excluding steroid dienone is 1. The van der Waals surface area contributed by atoms with E-state index >= 15 is 0 Å². The summed E-state index contributed by atoms with van der Waals surface area (Å²) >= 11 is -1.50. The monoisotopic (exact) mass is 453 g/mol. The molecule has 1 aromatic carbocycles. The third-order valence-corrected chi connectivity index (χ3v) is 6.24. The number of aliphatic hydroxyl groups is 2. The minimum atomic E-state index is -4.77. The third-order valence-electron chi connectivity index (χ3n) is 4.45. The van der Waals surface area contributed by atoms with Crippen molar-refractivity contribution < 1.29 is 36.9 Å². The van der Waals surface area contributed by atoms with Crippen LogP contribution in [0.4, 0.5) is 18.9 Å². The first-order valence-electron chi connectivity index (χ1n) is 8.02. The van der Waals surface area contributed by atoms with Gasteiger partial charge in [0.15, 0.2) is 6.23 Å². The van der Waals surface area contributed by atoms with Crippen molar-refractivity contribution in [2.24, 2.45) is 5.73 Å². The summed E-state index contributed by atoms with van der Waals surface area (Å²) in [7, 11) is 1.02. The van der Waals surface area contributed by atoms with Gasteiger partial charge in [-0.2, -0.15) is 13.2 Å². The molecule has 4 atom stereocenters. The number of nitrogens with two attached hydrogens (primary N) is 1. The van der Waals surface area contributed by atoms with Crippen LogP contribution in [0, 0.1) is 0 Å². The number of amides is 1. The van der Waals surface area contributed by atoms with Gasteiger partial charge >= 0.3 is 6.18 Å². The first-order valence-corrected chi connectivity index (χ1v) is 10.0. The number of fused-ring (bicyclic) bond motifs is 1. The summed E-state index contributed by atoms with van der Waals surface area (Å²) in [6, 6.07) is 3.19. The molecule has 160 valence electrons. The van der Waals surface area contributed by atoms with E-state index in [4.69, 9.17) is 5.73 Å². The molecule has 4 N–H and O–H groups in total. The number of primary amides is 1. The molecule has 0 fully saturated rings. The number of alkyl halides is 3. The highest BCUT2D eigenvalue weighted by atomic mass is 32.2. The summed E-state index contributed by atoms with van der Waals surface area (Å²) in [4.78, 5) is 13.9. The van der Waals surface area contributed by atoms with E-state index in [-0.39, 0.29) is 5.69 Å². The second-order valence-electron chi connectivity index (χ2n) is 6.30. The highest BCUT2D eigenvalue weighted by Crippen LogP contribution is 2.46. The lowest BCUT2D eigenvalue weighted by atomic mass is 10.0. The maximum absolute atomic E-state index is 13.1. The zero-order chi connectivity index (χ0) is 21.7. The molecule has 0 saturated heterocycles. The lowest BCUT2D eigenvalue weighted by Crippen LogP contribution is -2.56. The summed E-state index contributed by atoms with van der Waals surface area (Å²) < 4.78 is 62.5. The van der Waals surface area contributed by atoms with Crippen molar-refractivity contribution in [3.8, 4) is 0 Å². The molecule has 0 saturated carbocycles. The molecule has 14 heteroatoms. The summed E-state index contributed by atoms with van der Waals surface area (Å²) in [6.45, 7) is 0. The van der Waals surface area contributed by atoms with Crippen LogP contribution in [-0.2, 0) is 15.9 Å². The lowest BCUT2D eigenvalue weighted by molar-refractivity contribution is -0.133. The Morgan fingerprint density at radius 2 is 2.03 bits per heavy atom. The van der Waals surface area contributed by atoms with Crippen LogP contribution in [0.5, 0.6) is 0 Å². The molecule has 9 nitrogen and oxygen atoms in total. The van der Waals surface area contributed by atoms with Crippen LogP contribution in [0.1, 0.15) is 11.6 Å². The van der Waals surface area contributed by atoms with E-state index in [1.54, 1.807) is 0 Å². The van der Waals surface area contributed by atoms with Crippen LogP contribution in [-0.4, -0.2) is 65.8 Å². The van der Waals surface area contributed by atoms with Crippen molar-refractivity contribution >= 4 is 34.6 Å². The van der Waals surface area contributed by atoms with Crippen molar-refractivity contribution in [3.63, 3.8) is 0 Å². The van der Waals surface area contributed by atoms with Gasteiger partial charge in [-0.15, -0.1) is 0 Å². The van der Waals surface area contributed by atoms with Gasteiger partial charge in [0.05, 0.1) is 5.88 Å². The Labute approximate surface area is 170 Å². The topological polar surface area (TPSA) is 133 Å². The second-order valence-corrected chi connectivity index (χ2v) is 8.25. The van der Waals surface area contributed by atoms with Gasteiger partial charge in [-0.1, -0.05) is 0 Å². The van der Waals surface area contributed by atoms with Crippen molar-refractivity contribution in [2.45, 2.75) is 29.7 Å². The van der Waals surface area contributed by atoms with Gasteiger partial charge in [0.25, 0.3) is 0 Å². The van der Waals surface area contributed by atoms with Crippen LogP contribution in [0.2, 0.25) is 0 Å². The molecule has 2 aliphatic rings. The van der Waals surface area contributed by atoms with Gasteiger partial charge in [0.1, 0.15) is 11.7 Å². The van der Waals surface area contributed by atoms with Crippen LogP contribution < -0.4 is 10.6 Å². The van der Waals surface area contributed by atoms with E-state index in [1.165, 1.54) is 22.5 Å². The van der Waals surface area contributed by atoms with Gasteiger partial charge in [-0.3, -0.25) is 13.9 Å². The smallest absolute Gasteiger partial charge is 0.431 e. The first kappa shape index (κ1) is 21.9. The zero-order valence-electron chi connectivity index (χ0n) is 14.7. The SMILES string of the molecule is CN1C(C(F)(F)F)=CC(O)N(c2ccc3c(c2)C(C(N)=O)N(CS(=O)[O-])S3)C1O. The zero-order valence-corrected chi connectivity index (χ0v) is 16.4. The number of benzene rings is 1. The average molecular weight is 453 g/mol. The molecule has 29 heavy (non-hydrogen) atoms. The quantitative estimate of drug-likeness (QED) is 0.431. The molecular weight excluding hydrogens is 437 g/mol. The van der Waals surface area contributed by atoms with E-state index in [2.05, 4.69) is 0 Å². The predicted octanol–water partition coefficient (Wildman–Crippen LogP) is 0.165. The third kappa shape index (κ3) is 4.08. The fourth-order valence-electron chi connectivity index (χ4n) is 3.19. The summed E-state index contributed by atoms with van der Waals surface area (Å²) in [5, 5.41) is 20.6. The van der Waals surface area contributed by atoms with E-state index in [1.807, 2.05) is 0 Å². The highest BCUT2D eigenvalue weighted by Gasteiger charge is 2.45. The minimum Gasteiger partial charge on any atom is -0.771 e. The van der Waals surface area contributed by atoms with Gasteiger partial charge in [0.2, 0.25) is 12.3 Å². The molecule has 0 aromatic heterocycles. The molecule has 3 rings (SSSR count). The molecule has 0 radical (unpaired) electrons. The van der Waals surface area contributed by atoms with Crippen molar-refractivity contribution in [3.05, 3.63) is 35.5 Å². The average Bonchev–Trinajstić information content (AvgIpc) is 2.93. The van der Waals surface area contributed by atoms with Gasteiger partial charge in [0, 0.05) is 17.6 Å². The van der Waals surface area contributed by atoms with Gasteiger partial charge in [-0.25, -0.2) is 4.31 Å². The van der Waals surface area contributed by atoms with E-state index < -0.39 is 53.4 Å². The Morgan fingerprint density at radius 3 is 2.59 bits per heavy atom. The largest absolute Gasteiger partial charge is 0.771 e. The number of anilines is 1. The van der Waals surface area contributed by atoms with E-state index in [0.29, 0.717) is 21.4 Å². The number of aliphatic hydroxyl groups excluding tert-OH is 2. The molecule has 0 bridgehead atoms. The molecule has 2 heterocycles. The molecule has 0 aliphatic carbocycles.